The van der Waals surface area contributed by atoms with Gasteiger partial charge in [-0.1, -0.05) is 18.2 Å². The summed E-state index contributed by atoms with van der Waals surface area (Å²) in [6, 6.07) is 0. The number of halogens is 3. The predicted octanol–water partition coefficient (Wildman–Crippen LogP) is 3.42. The maximum absolute atomic E-state index is 12.1. The summed E-state index contributed by atoms with van der Waals surface area (Å²) in [6.07, 6.45) is -2.87. The molecule has 0 spiro atoms. The first-order chi connectivity index (χ1) is 6.79. The van der Waals surface area contributed by atoms with E-state index in [-0.39, 0.29) is 23.7 Å². The highest BCUT2D eigenvalue weighted by Gasteiger charge is 2.32. The zero-order valence-electron chi connectivity index (χ0n) is 8.53. The van der Waals surface area contributed by atoms with E-state index in [4.69, 9.17) is 0 Å². The van der Waals surface area contributed by atoms with Crippen LogP contribution in [0.1, 0.15) is 26.2 Å². The Morgan fingerprint density at radius 3 is 2.67 bits per heavy atom. The Bertz CT molecular complexity index is 312. The molecule has 15 heavy (non-hydrogen) atoms. The van der Waals surface area contributed by atoms with E-state index in [1.165, 1.54) is 0 Å². The van der Waals surface area contributed by atoms with Gasteiger partial charge < -0.3 is 0 Å². The second-order valence-corrected chi connectivity index (χ2v) is 3.90. The second-order valence-electron chi connectivity index (χ2n) is 3.90. The number of carbonyl (C=O) groups excluding carboxylic acids is 1. The van der Waals surface area contributed by atoms with E-state index in [2.05, 4.69) is 6.58 Å². The van der Waals surface area contributed by atoms with E-state index in [0.717, 1.165) is 0 Å². The summed E-state index contributed by atoms with van der Waals surface area (Å²) >= 11 is 0. The molecule has 0 bridgehead atoms. The first-order valence-corrected chi connectivity index (χ1v) is 4.74. The van der Waals surface area contributed by atoms with Crippen LogP contribution in [0.5, 0.6) is 0 Å². The van der Waals surface area contributed by atoms with Gasteiger partial charge in [-0.2, -0.15) is 13.2 Å². The first-order valence-electron chi connectivity index (χ1n) is 4.74. The molecule has 1 rings (SSSR count). The van der Waals surface area contributed by atoms with Gasteiger partial charge in [0.05, 0.1) is 6.42 Å². The summed E-state index contributed by atoms with van der Waals surface area (Å²) in [5, 5.41) is 0. The van der Waals surface area contributed by atoms with Gasteiger partial charge in [-0.3, -0.25) is 4.79 Å². The number of rotatable bonds is 2. The topological polar surface area (TPSA) is 17.1 Å². The van der Waals surface area contributed by atoms with E-state index in [0.29, 0.717) is 12.0 Å². The Kier molecular flexibility index (Phi) is 3.37. The molecule has 0 aromatic carbocycles. The number of allylic oxidation sites excluding steroid dienone is 3. The number of hydrogen-bond donors (Lipinski definition) is 0. The quantitative estimate of drug-likeness (QED) is 0.649. The molecule has 0 radical (unpaired) electrons. The maximum Gasteiger partial charge on any atom is 0.392 e. The lowest BCUT2D eigenvalue weighted by Crippen LogP contribution is -2.19. The van der Waals surface area contributed by atoms with E-state index in [1.54, 1.807) is 13.0 Å². The van der Waals surface area contributed by atoms with Crippen LogP contribution in [0.4, 0.5) is 13.2 Å². The number of hydrogen-bond acceptors (Lipinski definition) is 1. The van der Waals surface area contributed by atoms with Crippen LogP contribution in [0.2, 0.25) is 0 Å². The smallest absolute Gasteiger partial charge is 0.295 e. The van der Waals surface area contributed by atoms with Gasteiger partial charge in [0.15, 0.2) is 5.78 Å². The van der Waals surface area contributed by atoms with Crippen LogP contribution in [0.3, 0.4) is 0 Å². The lowest BCUT2D eigenvalue weighted by Gasteiger charge is -2.22. The van der Waals surface area contributed by atoms with Crippen molar-refractivity contribution >= 4 is 5.78 Å². The molecular weight excluding hydrogens is 205 g/mol. The minimum atomic E-state index is -4.23. The average molecular weight is 218 g/mol. The van der Waals surface area contributed by atoms with Crippen LogP contribution in [-0.2, 0) is 4.79 Å². The normalized spacial score (nSPS) is 22.5. The zero-order valence-corrected chi connectivity index (χ0v) is 8.53. The summed E-state index contributed by atoms with van der Waals surface area (Å²) in [5.74, 6) is -0.419. The third-order valence-corrected chi connectivity index (χ3v) is 2.59. The maximum atomic E-state index is 12.1. The lowest BCUT2D eigenvalue weighted by molar-refractivity contribution is -0.129. The van der Waals surface area contributed by atoms with Crippen LogP contribution in [0, 0.1) is 5.92 Å². The molecule has 1 atom stereocenters. The van der Waals surface area contributed by atoms with Crippen LogP contribution < -0.4 is 0 Å². The Morgan fingerprint density at radius 2 is 2.20 bits per heavy atom. The molecule has 0 N–H and O–H groups in total. The van der Waals surface area contributed by atoms with Crippen LogP contribution >= 0.6 is 0 Å². The highest BCUT2D eigenvalue weighted by molar-refractivity contribution is 5.95. The number of ketones is 1. The molecule has 1 nitrogen and oxygen atoms in total. The van der Waals surface area contributed by atoms with Crippen molar-refractivity contribution in [1.29, 1.82) is 0 Å². The summed E-state index contributed by atoms with van der Waals surface area (Å²) in [4.78, 5) is 11.3. The Hall–Kier alpha value is -1.06. The molecule has 0 saturated carbocycles. The van der Waals surface area contributed by atoms with Crippen LogP contribution in [0.25, 0.3) is 0 Å². The van der Waals surface area contributed by atoms with Gasteiger partial charge in [-0.05, 0) is 24.8 Å². The molecule has 0 heterocycles. The second kappa shape index (κ2) is 4.21. The van der Waals surface area contributed by atoms with E-state index < -0.39 is 12.6 Å². The molecular formula is C11H13F3O. The molecule has 0 saturated heterocycles. The number of Topliss-reactive ketones (excluding diaryl/α,β-unsaturated/α-hetero) is 1. The molecule has 0 aromatic heterocycles. The van der Waals surface area contributed by atoms with Gasteiger partial charge in [0.25, 0.3) is 0 Å². The van der Waals surface area contributed by atoms with Crippen molar-refractivity contribution in [3.63, 3.8) is 0 Å². The summed E-state index contributed by atoms with van der Waals surface area (Å²) in [7, 11) is 0. The Morgan fingerprint density at radius 1 is 1.60 bits per heavy atom. The van der Waals surface area contributed by atoms with E-state index in [9.17, 15) is 18.0 Å². The average Bonchev–Trinajstić information content (AvgIpc) is 2.06. The molecule has 0 aromatic rings. The van der Waals surface area contributed by atoms with Gasteiger partial charge in [0.2, 0.25) is 0 Å². The highest BCUT2D eigenvalue weighted by Crippen LogP contribution is 2.33. The fourth-order valence-corrected chi connectivity index (χ4v) is 1.61. The number of alkyl halides is 3. The van der Waals surface area contributed by atoms with E-state index in [1.807, 2.05) is 0 Å². The molecule has 0 aliphatic heterocycles. The monoisotopic (exact) mass is 218 g/mol. The van der Waals surface area contributed by atoms with Crippen molar-refractivity contribution in [3.8, 4) is 0 Å². The van der Waals surface area contributed by atoms with Crippen LogP contribution in [-0.4, -0.2) is 12.0 Å². The fourth-order valence-electron chi connectivity index (χ4n) is 1.61. The third-order valence-electron chi connectivity index (χ3n) is 2.59. The van der Waals surface area contributed by atoms with Gasteiger partial charge in [-0.15, -0.1) is 0 Å². The molecule has 0 unspecified atom stereocenters. The number of carbonyl (C=O) groups is 1. The molecule has 84 valence electrons. The Balaban J connectivity index is 2.61. The third kappa shape index (κ3) is 3.53. The molecule has 1 aliphatic carbocycles. The summed E-state index contributed by atoms with van der Waals surface area (Å²) in [5.41, 5.74) is 0.755. The predicted molar refractivity (Wildman–Crippen MR) is 51.3 cm³/mol. The lowest BCUT2D eigenvalue weighted by atomic mass is 9.83. The molecule has 4 heteroatoms. The molecule has 0 amide bonds. The van der Waals surface area contributed by atoms with E-state index >= 15 is 0 Å². The van der Waals surface area contributed by atoms with Crippen molar-refractivity contribution in [2.24, 2.45) is 5.92 Å². The fraction of sp³-hybridized carbons (Fsp3) is 0.545. The van der Waals surface area contributed by atoms with Crippen molar-refractivity contribution in [3.05, 3.63) is 23.8 Å². The largest absolute Gasteiger partial charge is 0.392 e. The standard InChI is InChI=1S/C11H13F3O/c1-7-3-4-9(5-10(7)15)8(2)6-11(12,13)14/h3,9H,2,4-6H2,1H3/t9-/m0/s1. The van der Waals surface area contributed by atoms with Crippen molar-refractivity contribution in [1.82, 2.24) is 0 Å². The minimum absolute atomic E-state index is 0.0745. The summed E-state index contributed by atoms with van der Waals surface area (Å²) < 4.78 is 36.2. The Labute approximate surface area is 86.7 Å². The minimum Gasteiger partial charge on any atom is -0.295 e. The zero-order chi connectivity index (χ0) is 11.6. The molecule has 0 fully saturated rings. The summed E-state index contributed by atoms with van der Waals surface area (Å²) in [6.45, 7) is 5.11. The van der Waals surface area contributed by atoms with Gasteiger partial charge in [-0.25, -0.2) is 0 Å². The molecule has 1 aliphatic rings. The first kappa shape index (κ1) is 12.0. The van der Waals surface area contributed by atoms with Crippen LogP contribution in [0.15, 0.2) is 23.8 Å². The van der Waals surface area contributed by atoms with Crippen molar-refractivity contribution in [2.45, 2.75) is 32.4 Å². The highest BCUT2D eigenvalue weighted by atomic mass is 19.4. The van der Waals surface area contributed by atoms with Gasteiger partial charge in [0, 0.05) is 6.42 Å². The van der Waals surface area contributed by atoms with Gasteiger partial charge in [0.1, 0.15) is 0 Å². The van der Waals surface area contributed by atoms with Gasteiger partial charge >= 0.3 is 6.18 Å². The van der Waals surface area contributed by atoms with Crippen molar-refractivity contribution in [2.75, 3.05) is 0 Å². The van der Waals surface area contributed by atoms with Crippen molar-refractivity contribution < 1.29 is 18.0 Å². The SMILES string of the molecule is C=C(CC(F)(F)F)[C@H]1CC=C(C)C(=O)C1.